The Bertz CT molecular complexity index is 2390. The average Bonchev–Trinajstić information content (AvgIpc) is 3.89. The molecule has 0 bridgehead atoms. The zero-order chi connectivity index (χ0) is 35.2. The predicted octanol–water partition coefficient (Wildman–Crippen LogP) is 8.20. The summed E-state index contributed by atoms with van der Waals surface area (Å²) in [6.07, 6.45) is 0. The van der Waals surface area contributed by atoms with Crippen molar-refractivity contribution in [3.05, 3.63) is 126 Å². The van der Waals surface area contributed by atoms with Crippen LogP contribution < -0.4 is 44.3 Å². The molecule has 0 saturated carbocycles. The van der Waals surface area contributed by atoms with Crippen LogP contribution >= 0.6 is 0 Å². The highest BCUT2D eigenvalue weighted by atomic mass is 16.6. The lowest BCUT2D eigenvalue weighted by Crippen LogP contribution is -2.38. The van der Waals surface area contributed by atoms with Crippen LogP contribution in [0.2, 0.25) is 0 Å². The minimum atomic E-state index is -0.536. The highest BCUT2D eigenvalue weighted by molar-refractivity contribution is 6.64. The second-order valence-electron chi connectivity index (χ2n) is 14.8. The van der Waals surface area contributed by atoms with Gasteiger partial charge >= 0.3 is 21.4 Å². The molecule has 0 aromatic heterocycles. The maximum absolute atomic E-state index is 6.48. The minimum absolute atomic E-state index is 0.447. The van der Waals surface area contributed by atoms with Gasteiger partial charge in [-0.25, -0.2) is 0 Å². The van der Waals surface area contributed by atoms with Crippen molar-refractivity contribution in [3.8, 4) is 34.5 Å². The van der Waals surface area contributed by atoms with Crippen molar-refractivity contribution in [2.24, 2.45) is 0 Å². The molecule has 252 valence electrons. The fourth-order valence-corrected chi connectivity index (χ4v) is 7.54. The van der Waals surface area contributed by atoms with Crippen LogP contribution in [0.25, 0.3) is 32.3 Å². The molecule has 0 atom stereocenters. The van der Waals surface area contributed by atoms with Crippen molar-refractivity contribution in [2.75, 3.05) is 0 Å². The van der Waals surface area contributed by atoms with E-state index in [0.717, 1.165) is 48.7 Å². The molecule has 0 N–H and O–H groups in total. The first-order valence-electron chi connectivity index (χ1n) is 18.1. The van der Waals surface area contributed by atoms with Crippen LogP contribution in [0.1, 0.15) is 56.2 Å². The Kier molecular flexibility index (Phi) is 6.98. The molecule has 0 aliphatic carbocycles. The average molecular weight is 680 g/mol. The predicted molar refractivity (Wildman–Crippen MR) is 211 cm³/mol. The Labute approximate surface area is 304 Å². The van der Waals surface area contributed by atoms with Gasteiger partial charge in [0.25, 0.3) is 0 Å². The number of fused-ring (bicyclic) bond motifs is 9. The van der Waals surface area contributed by atoms with Gasteiger partial charge in [-0.15, -0.1) is 0 Å². The molecule has 0 saturated heterocycles. The first kappa shape index (κ1) is 31.1. The maximum atomic E-state index is 6.48. The van der Waals surface area contributed by atoms with Crippen LogP contribution in [0.3, 0.4) is 0 Å². The van der Waals surface area contributed by atoms with E-state index in [1.54, 1.807) is 0 Å². The Balaban J connectivity index is 1.10. The zero-order valence-electron chi connectivity index (χ0n) is 29.7. The molecule has 0 spiro atoms. The molecule has 3 aliphatic rings. The maximum Gasteiger partial charge on any atom is 0.632 e. The van der Waals surface area contributed by atoms with Crippen LogP contribution in [0.4, 0.5) is 0 Å². The number of rotatable bonds is 5. The Morgan fingerprint density at radius 2 is 0.577 bits per heavy atom. The summed E-state index contributed by atoms with van der Waals surface area (Å²) < 4.78 is 38.8. The molecule has 10 rings (SSSR count). The second kappa shape index (κ2) is 11.7. The molecule has 0 amide bonds. The molecule has 52 heavy (non-hydrogen) atoms. The standard InChI is InChI=1S/C43H35B3O6/c1-24(2)27-8-14-30(15-9-27)45-49-40-20-34-32-18-38-39(48-44(47-38)29-12-6-26(5)7-13-29)19-33(32)35-21-41-43(23-37(35)36(34)22-42(40)51-45)52-46(50-41)31-16-10-28(11-17-31)25(3)4/h6-25H,1-5H3. The molecule has 7 aromatic carbocycles. The first-order valence-corrected chi connectivity index (χ1v) is 18.1. The summed E-state index contributed by atoms with van der Waals surface area (Å²) in [6, 6.07) is 37.8. The summed E-state index contributed by atoms with van der Waals surface area (Å²) in [5.41, 5.74) is 6.65. The van der Waals surface area contributed by atoms with Gasteiger partial charge in [0.05, 0.1) is 0 Å². The molecule has 3 heterocycles. The van der Waals surface area contributed by atoms with Gasteiger partial charge in [0.15, 0.2) is 0 Å². The molecular weight excluding hydrogens is 645 g/mol. The third kappa shape index (κ3) is 5.05. The van der Waals surface area contributed by atoms with E-state index in [9.17, 15) is 0 Å². The van der Waals surface area contributed by atoms with Crippen LogP contribution in [0.15, 0.2) is 109 Å². The van der Waals surface area contributed by atoms with Crippen LogP contribution in [-0.4, -0.2) is 21.4 Å². The van der Waals surface area contributed by atoms with E-state index in [1.165, 1.54) is 16.7 Å². The van der Waals surface area contributed by atoms with Crippen LogP contribution in [0.5, 0.6) is 34.5 Å². The lowest BCUT2D eigenvalue weighted by atomic mass is 9.78. The van der Waals surface area contributed by atoms with Crippen LogP contribution in [-0.2, 0) is 0 Å². The van der Waals surface area contributed by atoms with Crippen molar-refractivity contribution in [1.29, 1.82) is 0 Å². The van der Waals surface area contributed by atoms with Gasteiger partial charge < -0.3 is 27.9 Å². The normalized spacial score (nSPS) is 14.2. The summed E-state index contributed by atoms with van der Waals surface area (Å²) in [5.74, 6) is 5.10. The second-order valence-corrected chi connectivity index (χ2v) is 14.8. The van der Waals surface area contributed by atoms with Crippen molar-refractivity contribution in [1.82, 2.24) is 0 Å². The number of aryl methyl sites for hydroxylation is 1. The zero-order valence-corrected chi connectivity index (χ0v) is 29.7. The SMILES string of the molecule is Cc1ccc(B2Oc3cc4c(cc3O2)c2cc3c(cc2c2cc5c(cc42)OB(c2ccc(C(C)C)cc2)O5)OB(c2ccc(C(C)C)cc2)O3)cc1. The molecule has 9 heteroatoms. The van der Waals surface area contributed by atoms with Gasteiger partial charge in [-0.1, -0.05) is 106 Å². The first-order chi connectivity index (χ1) is 25.3. The molecule has 7 aromatic rings. The smallest absolute Gasteiger partial charge is 0.519 e. The molecule has 0 radical (unpaired) electrons. The molecule has 0 fully saturated rings. The van der Waals surface area contributed by atoms with Gasteiger partial charge in [0, 0.05) is 16.4 Å². The molecule has 3 aliphatic heterocycles. The van der Waals surface area contributed by atoms with Gasteiger partial charge in [-0.3, -0.25) is 0 Å². The highest BCUT2D eigenvalue weighted by Gasteiger charge is 2.38. The summed E-state index contributed by atoms with van der Waals surface area (Å²) in [4.78, 5) is 0. The molecule has 6 nitrogen and oxygen atoms in total. The summed E-state index contributed by atoms with van der Waals surface area (Å²) in [5, 5.41) is 6.11. The third-order valence-electron chi connectivity index (χ3n) is 10.6. The van der Waals surface area contributed by atoms with Crippen molar-refractivity contribution in [2.45, 2.75) is 46.5 Å². The van der Waals surface area contributed by atoms with E-state index in [4.69, 9.17) is 27.9 Å². The fraction of sp³-hybridized carbons (Fsp3) is 0.163. The molecule has 0 unspecified atom stereocenters. The van der Waals surface area contributed by atoms with Crippen molar-refractivity contribution >= 4 is 70.1 Å². The minimum Gasteiger partial charge on any atom is -0.519 e. The van der Waals surface area contributed by atoms with E-state index in [-0.39, 0.29) is 0 Å². The summed E-state index contributed by atoms with van der Waals surface area (Å²) in [6.45, 7) is 10.8. The molecular formula is C43H35B3O6. The quantitative estimate of drug-likeness (QED) is 0.135. The Morgan fingerprint density at radius 3 is 0.808 bits per heavy atom. The van der Waals surface area contributed by atoms with Gasteiger partial charge in [0.2, 0.25) is 0 Å². The van der Waals surface area contributed by atoms with E-state index in [1.807, 2.05) is 0 Å². The summed E-state index contributed by atoms with van der Waals surface area (Å²) in [7, 11) is -1.60. The highest BCUT2D eigenvalue weighted by Crippen LogP contribution is 2.49. The lowest BCUT2D eigenvalue weighted by Gasteiger charge is -2.14. The number of benzene rings is 7. The van der Waals surface area contributed by atoms with E-state index < -0.39 is 21.4 Å². The van der Waals surface area contributed by atoms with Crippen LogP contribution in [0, 0.1) is 6.92 Å². The van der Waals surface area contributed by atoms with Gasteiger partial charge in [-0.05, 0) is 98.6 Å². The third-order valence-corrected chi connectivity index (χ3v) is 10.6. The Hall–Kier alpha value is -5.69. The van der Waals surface area contributed by atoms with Gasteiger partial charge in [0.1, 0.15) is 34.5 Å². The fourth-order valence-electron chi connectivity index (χ4n) is 7.54. The summed E-state index contributed by atoms with van der Waals surface area (Å²) >= 11 is 0. The van der Waals surface area contributed by atoms with Crippen molar-refractivity contribution in [3.63, 3.8) is 0 Å². The topological polar surface area (TPSA) is 55.4 Å². The number of hydrogen-bond acceptors (Lipinski definition) is 6. The number of hydrogen-bond donors (Lipinski definition) is 0. The van der Waals surface area contributed by atoms with Gasteiger partial charge in [-0.2, -0.15) is 0 Å². The van der Waals surface area contributed by atoms with E-state index in [0.29, 0.717) is 46.3 Å². The Morgan fingerprint density at radius 1 is 0.346 bits per heavy atom. The lowest BCUT2D eigenvalue weighted by molar-refractivity contribution is 0.518. The van der Waals surface area contributed by atoms with Crippen molar-refractivity contribution < 1.29 is 27.9 Å². The largest absolute Gasteiger partial charge is 0.632 e. The van der Waals surface area contributed by atoms with E-state index >= 15 is 0 Å². The van der Waals surface area contributed by atoms with E-state index in [2.05, 4.69) is 144 Å². The monoisotopic (exact) mass is 680 g/mol.